The van der Waals surface area contributed by atoms with Crippen molar-refractivity contribution in [3.63, 3.8) is 0 Å². The van der Waals surface area contributed by atoms with Gasteiger partial charge in [0.2, 0.25) is 0 Å². The molecule has 0 aliphatic carbocycles. The van der Waals surface area contributed by atoms with Gasteiger partial charge in [-0.25, -0.2) is 4.39 Å². The molecular weight excluding hydrogens is 375 g/mol. The van der Waals surface area contributed by atoms with Crippen LogP contribution in [0.4, 0.5) is 36.4 Å². The molecule has 0 radical (unpaired) electrons. The van der Waals surface area contributed by atoms with Crippen LogP contribution < -0.4 is 5.73 Å². The molecule has 2 rings (SSSR count). The maximum Gasteiger partial charge on any atom is 0.435 e. The predicted molar refractivity (Wildman–Crippen MR) is 90.6 cm³/mol. The Morgan fingerprint density at radius 2 is 1.30 bits per heavy atom. The van der Waals surface area contributed by atoms with Crippen LogP contribution in [0.15, 0.2) is 36.4 Å². The van der Waals surface area contributed by atoms with Gasteiger partial charge in [0.1, 0.15) is 0 Å². The van der Waals surface area contributed by atoms with Gasteiger partial charge >= 0.3 is 18.0 Å². The van der Waals surface area contributed by atoms with Crippen LogP contribution in [-0.2, 0) is 5.67 Å². The van der Waals surface area contributed by atoms with Crippen LogP contribution in [0.2, 0.25) is 0 Å². The lowest BCUT2D eigenvalue weighted by Crippen LogP contribution is -2.50. The van der Waals surface area contributed by atoms with Crippen LogP contribution in [0.25, 0.3) is 12.2 Å². The van der Waals surface area contributed by atoms with E-state index in [4.69, 9.17) is 5.73 Å². The summed E-state index contributed by atoms with van der Waals surface area (Å²) < 4.78 is 91.9. The zero-order valence-electron chi connectivity index (χ0n) is 14.3. The van der Waals surface area contributed by atoms with Crippen molar-refractivity contribution in [1.82, 2.24) is 0 Å². The van der Waals surface area contributed by atoms with Gasteiger partial charge < -0.3 is 5.73 Å². The highest BCUT2D eigenvalue weighted by Crippen LogP contribution is 2.53. The Hall–Kier alpha value is -2.51. The molecule has 0 unspecified atom stereocenters. The molecular formula is C19H16F7N. The fraction of sp³-hybridized carbons (Fsp3) is 0.263. The maximum atomic E-state index is 14.2. The first-order valence-corrected chi connectivity index (χ1v) is 7.75. The number of rotatable bonds is 3. The van der Waals surface area contributed by atoms with Gasteiger partial charge in [-0.05, 0) is 48.2 Å². The lowest BCUT2D eigenvalue weighted by molar-refractivity contribution is -0.348. The van der Waals surface area contributed by atoms with Gasteiger partial charge in [-0.1, -0.05) is 36.4 Å². The number of nitrogens with two attached hydrogens (primary N) is 1. The second-order valence-electron chi connectivity index (χ2n) is 6.18. The maximum absolute atomic E-state index is 14.2. The van der Waals surface area contributed by atoms with E-state index in [0.29, 0.717) is 28.9 Å². The number of halogens is 7. The Bertz CT molecular complexity index is 826. The lowest BCUT2D eigenvalue weighted by Gasteiger charge is -2.31. The average molecular weight is 391 g/mol. The first kappa shape index (κ1) is 20.8. The molecule has 27 heavy (non-hydrogen) atoms. The van der Waals surface area contributed by atoms with Crippen LogP contribution in [0.3, 0.4) is 0 Å². The molecule has 2 aromatic carbocycles. The third kappa shape index (κ3) is 3.94. The Kier molecular flexibility index (Phi) is 5.32. The average Bonchev–Trinajstić information content (AvgIpc) is 2.51. The van der Waals surface area contributed by atoms with E-state index < -0.39 is 23.6 Å². The van der Waals surface area contributed by atoms with E-state index in [1.54, 1.807) is 30.3 Å². The van der Waals surface area contributed by atoms with Crippen LogP contribution in [0.5, 0.6) is 0 Å². The summed E-state index contributed by atoms with van der Waals surface area (Å²) in [6.45, 7) is 2.64. The zero-order chi connectivity index (χ0) is 20.6. The topological polar surface area (TPSA) is 26.0 Å². The summed E-state index contributed by atoms with van der Waals surface area (Å²) in [5.41, 5.74) is 0.482. The van der Waals surface area contributed by atoms with Gasteiger partial charge in [-0.15, -0.1) is 0 Å². The molecule has 0 aromatic heterocycles. The highest BCUT2D eigenvalue weighted by atomic mass is 19.4. The normalized spacial score (nSPS) is 13.4. The Labute approximate surface area is 151 Å². The summed E-state index contributed by atoms with van der Waals surface area (Å²) in [4.78, 5) is 0. The molecule has 0 saturated heterocycles. The van der Waals surface area contributed by atoms with Gasteiger partial charge in [0, 0.05) is 11.3 Å². The van der Waals surface area contributed by atoms with E-state index in [2.05, 4.69) is 0 Å². The van der Waals surface area contributed by atoms with E-state index in [0.717, 1.165) is 0 Å². The lowest BCUT2D eigenvalue weighted by atomic mass is 9.88. The van der Waals surface area contributed by atoms with Crippen molar-refractivity contribution in [2.75, 3.05) is 5.73 Å². The number of aryl methyl sites for hydroxylation is 2. The minimum absolute atomic E-state index is 0.0840. The van der Waals surface area contributed by atoms with Gasteiger partial charge in [-0.2, -0.15) is 26.3 Å². The first-order valence-electron chi connectivity index (χ1n) is 7.75. The molecule has 0 heterocycles. The van der Waals surface area contributed by atoms with E-state index in [1.165, 1.54) is 19.9 Å². The van der Waals surface area contributed by atoms with Crippen LogP contribution >= 0.6 is 0 Å². The minimum Gasteiger partial charge on any atom is -0.399 e. The van der Waals surface area contributed by atoms with Gasteiger partial charge in [0.15, 0.2) is 0 Å². The predicted octanol–water partition coefficient (Wildman–Crippen LogP) is 6.35. The van der Waals surface area contributed by atoms with Crippen molar-refractivity contribution in [3.05, 3.63) is 64.2 Å². The SMILES string of the molecule is Cc1cc(C(F)(C(F)(F)F)C(F)(F)F)cc(C)c1C=Cc1cccc(N)c1. The second kappa shape index (κ2) is 6.90. The molecule has 0 saturated carbocycles. The third-order valence-electron chi connectivity index (χ3n) is 4.13. The minimum atomic E-state index is -6.14. The monoisotopic (exact) mass is 391 g/mol. The van der Waals surface area contributed by atoms with Gasteiger partial charge in [0.25, 0.3) is 0 Å². The fourth-order valence-electron chi connectivity index (χ4n) is 2.77. The quantitative estimate of drug-likeness (QED) is 0.369. The molecule has 2 N–H and O–H groups in total. The van der Waals surface area contributed by atoms with E-state index in [1.807, 2.05) is 0 Å². The summed E-state index contributed by atoms with van der Waals surface area (Å²) >= 11 is 0. The molecule has 0 aliphatic rings. The second-order valence-corrected chi connectivity index (χ2v) is 6.18. The number of benzene rings is 2. The zero-order valence-corrected chi connectivity index (χ0v) is 14.3. The van der Waals surface area contributed by atoms with Crippen LogP contribution in [0, 0.1) is 13.8 Å². The molecule has 8 heteroatoms. The van der Waals surface area contributed by atoms with Crippen LogP contribution in [-0.4, -0.2) is 12.4 Å². The summed E-state index contributed by atoms with van der Waals surface area (Å²) in [6.07, 6.45) is -9.13. The largest absolute Gasteiger partial charge is 0.435 e. The molecule has 146 valence electrons. The molecule has 0 fully saturated rings. The molecule has 1 nitrogen and oxygen atoms in total. The fourth-order valence-corrected chi connectivity index (χ4v) is 2.77. The van der Waals surface area contributed by atoms with E-state index >= 15 is 0 Å². The third-order valence-corrected chi connectivity index (χ3v) is 4.13. The molecule has 0 atom stereocenters. The molecule has 2 aromatic rings. The van der Waals surface area contributed by atoms with Gasteiger partial charge in [0.05, 0.1) is 0 Å². The molecule has 0 spiro atoms. The van der Waals surface area contributed by atoms with Crippen molar-refractivity contribution in [2.24, 2.45) is 0 Å². The smallest absolute Gasteiger partial charge is 0.399 e. The Morgan fingerprint density at radius 3 is 1.74 bits per heavy atom. The van der Waals surface area contributed by atoms with E-state index in [9.17, 15) is 30.7 Å². The Morgan fingerprint density at radius 1 is 0.778 bits per heavy atom. The molecule has 0 aliphatic heterocycles. The molecule has 0 amide bonds. The summed E-state index contributed by atoms with van der Waals surface area (Å²) in [5.74, 6) is 0. The van der Waals surface area contributed by atoms with Crippen LogP contribution in [0.1, 0.15) is 27.8 Å². The highest BCUT2D eigenvalue weighted by Gasteiger charge is 2.73. The summed E-state index contributed by atoms with van der Waals surface area (Å²) in [5, 5.41) is 0. The van der Waals surface area contributed by atoms with Crippen molar-refractivity contribution in [2.45, 2.75) is 31.9 Å². The summed E-state index contributed by atoms with van der Waals surface area (Å²) in [7, 11) is 0. The van der Waals surface area contributed by atoms with Crippen molar-refractivity contribution >= 4 is 17.8 Å². The number of anilines is 1. The highest BCUT2D eigenvalue weighted by molar-refractivity contribution is 5.74. The first-order chi connectivity index (χ1) is 12.3. The standard InChI is InChI=1S/C19H16F7N/c1-11-8-14(17(20,18(21,22)23)19(24,25)26)9-12(2)16(11)7-6-13-4-3-5-15(27)10-13/h3-10H,27H2,1-2H3. The van der Waals surface area contributed by atoms with E-state index in [-0.39, 0.29) is 11.1 Å². The van der Waals surface area contributed by atoms with Gasteiger partial charge in [-0.3, -0.25) is 0 Å². The number of nitrogen functional groups attached to an aromatic ring is 1. The Balaban J connectivity index is 2.53. The van der Waals surface area contributed by atoms with Crippen molar-refractivity contribution in [1.29, 1.82) is 0 Å². The number of alkyl halides is 7. The van der Waals surface area contributed by atoms with Crippen molar-refractivity contribution in [3.8, 4) is 0 Å². The number of hydrogen-bond donors (Lipinski definition) is 1. The summed E-state index contributed by atoms with van der Waals surface area (Å²) in [6, 6.07) is 7.89. The number of hydrogen-bond acceptors (Lipinski definition) is 1. The van der Waals surface area contributed by atoms with Crippen molar-refractivity contribution < 1.29 is 30.7 Å². The molecule has 0 bridgehead atoms.